The third-order valence-electron chi connectivity index (χ3n) is 1.77. The van der Waals surface area contributed by atoms with Gasteiger partial charge in [0.2, 0.25) is 0 Å². The largest absolute Gasteiger partial charge is 0.396 e. The highest BCUT2D eigenvalue weighted by Crippen LogP contribution is 2.19. The number of hydrogen-bond acceptors (Lipinski definition) is 3. The first-order chi connectivity index (χ1) is 5.24. The van der Waals surface area contributed by atoms with Gasteiger partial charge in [-0.25, -0.2) is 0 Å². The Morgan fingerprint density at radius 1 is 1.55 bits per heavy atom. The van der Waals surface area contributed by atoms with E-state index in [1.165, 1.54) is 0 Å². The summed E-state index contributed by atoms with van der Waals surface area (Å²) in [5, 5.41) is 8.62. The van der Waals surface area contributed by atoms with Crippen LogP contribution in [0, 0.1) is 5.92 Å². The van der Waals surface area contributed by atoms with Crippen molar-refractivity contribution in [2.75, 3.05) is 13.2 Å². The van der Waals surface area contributed by atoms with Crippen LogP contribution in [0.2, 0.25) is 0 Å². The molecule has 3 heteroatoms. The number of rotatable bonds is 3. The van der Waals surface area contributed by atoms with Gasteiger partial charge in [0.1, 0.15) is 0 Å². The quantitative estimate of drug-likeness (QED) is 0.662. The Hall–Kier alpha value is -0.120. The second kappa shape index (κ2) is 4.04. The van der Waals surface area contributed by atoms with Gasteiger partial charge in [0.05, 0.1) is 12.7 Å². The van der Waals surface area contributed by atoms with E-state index >= 15 is 0 Å². The van der Waals surface area contributed by atoms with Gasteiger partial charge in [-0.15, -0.1) is 0 Å². The SMILES string of the molecule is CC(C)[C@H]1OC[C@@H](CCO)O1. The van der Waals surface area contributed by atoms with E-state index in [1.54, 1.807) is 0 Å². The Morgan fingerprint density at radius 3 is 2.73 bits per heavy atom. The van der Waals surface area contributed by atoms with Crippen molar-refractivity contribution >= 4 is 0 Å². The summed E-state index contributed by atoms with van der Waals surface area (Å²) in [5.74, 6) is 0.402. The summed E-state index contributed by atoms with van der Waals surface area (Å²) >= 11 is 0. The summed E-state index contributed by atoms with van der Waals surface area (Å²) in [5.41, 5.74) is 0. The topological polar surface area (TPSA) is 38.7 Å². The Morgan fingerprint density at radius 2 is 2.27 bits per heavy atom. The lowest BCUT2D eigenvalue weighted by Crippen LogP contribution is -2.18. The maximum absolute atomic E-state index is 8.62. The highest BCUT2D eigenvalue weighted by atomic mass is 16.7. The van der Waals surface area contributed by atoms with Crippen molar-refractivity contribution in [3.05, 3.63) is 0 Å². The van der Waals surface area contributed by atoms with E-state index in [4.69, 9.17) is 14.6 Å². The fraction of sp³-hybridized carbons (Fsp3) is 1.00. The minimum Gasteiger partial charge on any atom is -0.396 e. The molecule has 1 aliphatic heterocycles. The van der Waals surface area contributed by atoms with Gasteiger partial charge in [-0.05, 0) is 6.42 Å². The zero-order valence-corrected chi connectivity index (χ0v) is 7.12. The fourth-order valence-corrected chi connectivity index (χ4v) is 1.12. The number of hydrogen-bond donors (Lipinski definition) is 1. The number of aliphatic hydroxyl groups is 1. The van der Waals surface area contributed by atoms with Crippen molar-refractivity contribution < 1.29 is 14.6 Å². The van der Waals surface area contributed by atoms with Crippen molar-refractivity contribution in [3.8, 4) is 0 Å². The Labute approximate surface area is 67.3 Å². The van der Waals surface area contributed by atoms with Crippen molar-refractivity contribution in [2.45, 2.75) is 32.7 Å². The first kappa shape index (κ1) is 8.97. The van der Waals surface area contributed by atoms with Crippen LogP contribution in [-0.4, -0.2) is 30.7 Å². The summed E-state index contributed by atoms with van der Waals surface area (Å²) in [7, 11) is 0. The van der Waals surface area contributed by atoms with E-state index in [2.05, 4.69) is 13.8 Å². The first-order valence-electron chi connectivity index (χ1n) is 4.12. The average molecular weight is 160 g/mol. The zero-order chi connectivity index (χ0) is 8.27. The smallest absolute Gasteiger partial charge is 0.160 e. The van der Waals surface area contributed by atoms with Crippen LogP contribution >= 0.6 is 0 Å². The fourth-order valence-electron chi connectivity index (χ4n) is 1.12. The predicted octanol–water partition coefficient (Wildman–Crippen LogP) is 0.766. The van der Waals surface area contributed by atoms with E-state index in [-0.39, 0.29) is 19.0 Å². The monoisotopic (exact) mass is 160 g/mol. The predicted molar refractivity (Wildman–Crippen MR) is 41.2 cm³/mol. The summed E-state index contributed by atoms with van der Waals surface area (Å²) in [6.45, 7) is 4.93. The molecule has 1 N–H and O–H groups in total. The molecular formula is C8H16O3. The van der Waals surface area contributed by atoms with Crippen molar-refractivity contribution in [1.82, 2.24) is 0 Å². The molecule has 1 heterocycles. The molecule has 0 aliphatic carbocycles. The van der Waals surface area contributed by atoms with Gasteiger partial charge < -0.3 is 14.6 Å². The van der Waals surface area contributed by atoms with E-state index in [1.807, 2.05) is 0 Å². The molecule has 0 aromatic heterocycles. The summed E-state index contributed by atoms with van der Waals surface area (Å²) < 4.78 is 10.8. The van der Waals surface area contributed by atoms with Gasteiger partial charge in [-0.1, -0.05) is 13.8 Å². The van der Waals surface area contributed by atoms with Crippen LogP contribution < -0.4 is 0 Å². The van der Waals surface area contributed by atoms with Crippen LogP contribution in [0.4, 0.5) is 0 Å². The molecule has 0 aromatic carbocycles. The molecule has 11 heavy (non-hydrogen) atoms. The van der Waals surface area contributed by atoms with Gasteiger partial charge in [0.15, 0.2) is 6.29 Å². The molecule has 3 nitrogen and oxygen atoms in total. The second-order valence-corrected chi connectivity index (χ2v) is 3.22. The maximum atomic E-state index is 8.62. The normalized spacial score (nSPS) is 31.6. The minimum atomic E-state index is -0.0634. The van der Waals surface area contributed by atoms with Crippen LogP contribution in [-0.2, 0) is 9.47 Å². The van der Waals surface area contributed by atoms with Gasteiger partial charge in [0, 0.05) is 12.5 Å². The second-order valence-electron chi connectivity index (χ2n) is 3.22. The summed E-state index contributed by atoms with van der Waals surface area (Å²) in [4.78, 5) is 0. The van der Waals surface area contributed by atoms with Crippen molar-refractivity contribution in [2.24, 2.45) is 5.92 Å². The lowest BCUT2D eigenvalue weighted by Gasteiger charge is -2.13. The van der Waals surface area contributed by atoms with Gasteiger partial charge >= 0.3 is 0 Å². The molecule has 1 fully saturated rings. The average Bonchev–Trinajstić information content (AvgIpc) is 2.37. The maximum Gasteiger partial charge on any atom is 0.160 e. The first-order valence-corrected chi connectivity index (χ1v) is 4.12. The highest BCUT2D eigenvalue weighted by Gasteiger charge is 2.27. The van der Waals surface area contributed by atoms with E-state index in [0.717, 1.165) is 0 Å². The van der Waals surface area contributed by atoms with Crippen LogP contribution in [0.5, 0.6) is 0 Å². The van der Waals surface area contributed by atoms with Gasteiger partial charge in [-0.2, -0.15) is 0 Å². The molecule has 0 aromatic rings. The molecule has 1 rings (SSSR count). The third-order valence-corrected chi connectivity index (χ3v) is 1.77. The van der Waals surface area contributed by atoms with Crippen LogP contribution in [0.25, 0.3) is 0 Å². The third kappa shape index (κ3) is 2.43. The molecule has 0 saturated carbocycles. The molecule has 1 aliphatic rings. The van der Waals surface area contributed by atoms with E-state index < -0.39 is 0 Å². The Balaban J connectivity index is 2.23. The number of ether oxygens (including phenoxy) is 2. The van der Waals surface area contributed by atoms with Gasteiger partial charge in [-0.3, -0.25) is 0 Å². The summed E-state index contributed by atoms with van der Waals surface area (Å²) in [6, 6.07) is 0. The molecule has 2 atom stereocenters. The molecular weight excluding hydrogens is 144 g/mol. The van der Waals surface area contributed by atoms with Crippen LogP contribution in [0.3, 0.4) is 0 Å². The minimum absolute atomic E-state index is 0.0634. The molecule has 0 bridgehead atoms. The van der Waals surface area contributed by atoms with E-state index in [9.17, 15) is 0 Å². The Bertz CT molecular complexity index is 114. The van der Waals surface area contributed by atoms with Crippen LogP contribution in [0.15, 0.2) is 0 Å². The molecule has 0 amide bonds. The number of aliphatic hydroxyl groups excluding tert-OH is 1. The summed E-state index contributed by atoms with van der Waals surface area (Å²) in [6.07, 6.45) is 0.724. The standard InChI is InChI=1S/C8H16O3/c1-6(2)8-10-5-7(11-8)3-4-9/h6-9H,3-5H2,1-2H3/t7-,8+/m1/s1. The lowest BCUT2D eigenvalue weighted by molar-refractivity contribution is -0.0890. The van der Waals surface area contributed by atoms with Crippen LogP contribution in [0.1, 0.15) is 20.3 Å². The zero-order valence-electron chi connectivity index (χ0n) is 7.12. The van der Waals surface area contributed by atoms with Gasteiger partial charge in [0.25, 0.3) is 0 Å². The van der Waals surface area contributed by atoms with Crippen molar-refractivity contribution in [3.63, 3.8) is 0 Å². The molecule has 66 valence electrons. The molecule has 0 unspecified atom stereocenters. The molecule has 0 spiro atoms. The molecule has 0 radical (unpaired) electrons. The van der Waals surface area contributed by atoms with E-state index in [0.29, 0.717) is 18.9 Å². The highest BCUT2D eigenvalue weighted by molar-refractivity contribution is 4.66. The van der Waals surface area contributed by atoms with Crippen molar-refractivity contribution in [1.29, 1.82) is 0 Å². The lowest BCUT2D eigenvalue weighted by atomic mass is 10.2. The Kier molecular flexibility index (Phi) is 3.30. The molecule has 1 saturated heterocycles.